The first-order chi connectivity index (χ1) is 13.4. The Labute approximate surface area is 172 Å². The summed E-state index contributed by atoms with van der Waals surface area (Å²) in [5.41, 5.74) is 0.803. The molecule has 5 nitrogen and oxygen atoms in total. The van der Waals surface area contributed by atoms with E-state index in [-0.39, 0.29) is 5.78 Å². The Morgan fingerprint density at radius 1 is 1.32 bits per heavy atom. The number of fused-ring (bicyclic) bond motifs is 1. The Morgan fingerprint density at radius 3 is 2.89 bits per heavy atom. The molecule has 0 saturated carbocycles. The second-order valence-corrected chi connectivity index (χ2v) is 9.45. The lowest BCUT2D eigenvalue weighted by molar-refractivity contribution is -0.0172. The molecule has 3 aromatic rings. The Hall–Kier alpha value is -1.80. The van der Waals surface area contributed by atoms with Crippen LogP contribution < -0.4 is 0 Å². The van der Waals surface area contributed by atoms with Crippen LogP contribution in [0.2, 0.25) is 0 Å². The number of carbonyl (C=O) groups excluding carboxylic acids is 1. The van der Waals surface area contributed by atoms with Gasteiger partial charge in [-0.3, -0.25) is 4.79 Å². The number of nitrogens with zero attached hydrogens (tertiary/aromatic N) is 3. The van der Waals surface area contributed by atoms with E-state index in [0.717, 1.165) is 33.9 Å². The highest BCUT2D eigenvalue weighted by molar-refractivity contribution is 8.00. The van der Waals surface area contributed by atoms with Gasteiger partial charge in [-0.05, 0) is 57.1 Å². The van der Waals surface area contributed by atoms with Crippen molar-refractivity contribution < 1.29 is 9.90 Å². The average molecular weight is 414 g/mol. The maximum atomic E-state index is 12.8. The number of rotatable bonds is 5. The van der Waals surface area contributed by atoms with Crippen LogP contribution in [0, 0.1) is 6.92 Å². The maximum absolute atomic E-state index is 12.8. The van der Waals surface area contributed by atoms with Crippen LogP contribution in [0.15, 0.2) is 41.4 Å². The van der Waals surface area contributed by atoms with Crippen LogP contribution in [-0.4, -0.2) is 51.6 Å². The molecular weight excluding hydrogens is 390 g/mol. The number of Topliss-reactive ketones (excluding diaryl/α,β-unsaturated/α-hetero) is 1. The van der Waals surface area contributed by atoms with E-state index in [0.29, 0.717) is 29.1 Å². The molecule has 0 atom stereocenters. The van der Waals surface area contributed by atoms with Crippen LogP contribution in [0.3, 0.4) is 0 Å². The number of likely N-dealkylation sites (tertiary alicyclic amines) is 1. The molecule has 1 saturated heterocycles. The SMILES string of the molecule is Cc1cc(SCC(=O)c2ccc(C3(O)CCN(C)CC3)s2)c2cccnc2n1. The Bertz CT molecular complexity index is 1010. The highest BCUT2D eigenvalue weighted by atomic mass is 32.2. The van der Waals surface area contributed by atoms with Crippen molar-refractivity contribution in [3.8, 4) is 0 Å². The van der Waals surface area contributed by atoms with Crippen LogP contribution in [0.1, 0.15) is 33.1 Å². The zero-order valence-electron chi connectivity index (χ0n) is 16.0. The molecule has 0 aliphatic carbocycles. The van der Waals surface area contributed by atoms with Crippen LogP contribution in [0.5, 0.6) is 0 Å². The third-order valence-electron chi connectivity index (χ3n) is 5.19. The van der Waals surface area contributed by atoms with Gasteiger partial charge in [0.25, 0.3) is 0 Å². The van der Waals surface area contributed by atoms with Crippen molar-refractivity contribution in [2.45, 2.75) is 30.3 Å². The Morgan fingerprint density at radius 2 is 2.11 bits per heavy atom. The summed E-state index contributed by atoms with van der Waals surface area (Å²) in [7, 11) is 2.07. The molecule has 3 aromatic heterocycles. The van der Waals surface area contributed by atoms with E-state index in [4.69, 9.17) is 0 Å². The molecule has 1 aliphatic rings. The number of aliphatic hydroxyl groups is 1. The molecule has 0 radical (unpaired) electrons. The fourth-order valence-corrected chi connectivity index (χ4v) is 5.64. The summed E-state index contributed by atoms with van der Waals surface area (Å²) in [6.07, 6.45) is 3.15. The molecule has 1 N–H and O–H groups in total. The number of pyridine rings is 2. The van der Waals surface area contributed by atoms with E-state index in [1.54, 1.807) is 6.20 Å². The molecule has 0 spiro atoms. The van der Waals surface area contributed by atoms with Crippen molar-refractivity contribution in [1.29, 1.82) is 0 Å². The highest BCUT2D eigenvalue weighted by Gasteiger charge is 2.34. The van der Waals surface area contributed by atoms with Crippen molar-refractivity contribution in [2.24, 2.45) is 0 Å². The Kier molecular flexibility index (Phi) is 5.51. The molecule has 4 rings (SSSR count). The van der Waals surface area contributed by atoms with Gasteiger partial charge in [-0.2, -0.15) is 0 Å². The first-order valence-corrected chi connectivity index (χ1v) is 11.1. The number of piperidine rings is 1. The molecule has 1 aliphatic heterocycles. The third kappa shape index (κ3) is 3.98. The van der Waals surface area contributed by atoms with Gasteiger partial charge in [0.1, 0.15) is 5.60 Å². The molecule has 0 amide bonds. The number of ketones is 1. The standard InChI is InChI=1S/C21H23N3O2S2/c1-14-12-18(15-4-3-9-22-20(15)23-14)27-13-16(25)17-5-6-19(28-17)21(26)7-10-24(2)11-8-21/h3-6,9,12,26H,7-8,10-11,13H2,1-2H3. The summed E-state index contributed by atoms with van der Waals surface area (Å²) >= 11 is 2.95. The third-order valence-corrected chi connectivity index (χ3v) is 7.56. The second-order valence-electron chi connectivity index (χ2n) is 7.35. The number of carbonyl (C=O) groups is 1. The fourth-order valence-electron chi connectivity index (χ4n) is 3.45. The van der Waals surface area contributed by atoms with Gasteiger partial charge < -0.3 is 10.0 Å². The molecule has 28 heavy (non-hydrogen) atoms. The normalized spacial score (nSPS) is 17.1. The van der Waals surface area contributed by atoms with Gasteiger partial charge in [-0.25, -0.2) is 9.97 Å². The van der Waals surface area contributed by atoms with Gasteiger partial charge in [0.15, 0.2) is 11.4 Å². The van der Waals surface area contributed by atoms with Gasteiger partial charge in [-0.15, -0.1) is 23.1 Å². The fraction of sp³-hybridized carbons (Fsp3) is 0.381. The van der Waals surface area contributed by atoms with Gasteiger partial charge in [0.2, 0.25) is 0 Å². The van der Waals surface area contributed by atoms with Crippen LogP contribution in [0.4, 0.5) is 0 Å². The van der Waals surface area contributed by atoms with Crippen LogP contribution >= 0.6 is 23.1 Å². The lowest BCUT2D eigenvalue weighted by Crippen LogP contribution is -2.40. The number of aromatic nitrogens is 2. The van der Waals surface area contributed by atoms with Crippen molar-refractivity contribution in [1.82, 2.24) is 14.9 Å². The summed E-state index contributed by atoms with van der Waals surface area (Å²) in [6, 6.07) is 9.66. The lowest BCUT2D eigenvalue weighted by atomic mass is 9.90. The number of thiophene rings is 1. The summed E-state index contributed by atoms with van der Waals surface area (Å²) in [5.74, 6) is 0.443. The zero-order chi connectivity index (χ0) is 19.7. The molecular formula is C21H23N3O2S2. The van der Waals surface area contributed by atoms with Crippen molar-refractivity contribution in [2.75, 3.05) is 25.9 Å². The predicted molar refractivity (Wildman–Crippen MR) is 114 cm³/mol. The monoisotopic (exact) mass is 413 g/mol. The lowest BCUT2D eigenvalue weighted by Gasteiger charge is -2.35. The van der Waals surface area contributed by atoms with E-state index < -0.39 is 5.60 Å². The molecule has 7 heteroatoms. The summed E-state index contributed by atoms with van der Waals surface area (Å²) < 4.78 is 0. The summed E-state index contributed by atoms with van der Waals surface area (Å²) in [5, 5.41) is 11.9. The quantitative estimate of drug-likeness (QED) is 0.506. The van der Waals surface area contributed by atoms with Gasteiger partial charge in [0.05, 0.1) is 10.6 Å². The minimum Gasteiger partial charge on any atom is -0.384 e. The summed E-state index contributed by atoms with van der Waals surface area (Å²) in [4.78, 5) is 26.4. The maximum Gasteiger partial charge on any atom is 0.182 e. The van der Waals surface area contributed by atoms with Gasteiger partial charge in [-0.1, -0.05) is 0 Å². The number of hydrogen-bond acceptors (Lipinski definition) is 7. The Balaban J connectivity index is 1.48. The number of hydrogen-bond donors (Lipinski definition) is 1. The van der Waals surface area contributed by atoms with E-state index in [9.17, 15) is 9.90 Å². The molecule has 0 bridgehead atoms. The molecule has 4 heterocycles. The minimum atomic E-state index is -0.799. The molecule has 0 unspecified atom stereocenters. The first kappa shape index (κ1) is 19.5. The summed E-state index contributed by atoms with van der Waals surface area (Å²) in [6.45, 7) is 3.68. The topological polar surface area (TPSA) is 66.3 Å². The largest absolute Gasteiger partial charge is 0.384 e. The van der Waals surface area contributed by atoms with E-state index in [1.165, 1.54) is 23.1 Å². The molecule has 146 valence electrons. The minimum absolute atomic E-state index is 0.0873. The second kappa shape index (κ2) is 7.91. The van der Waals surface area contributed by atoms with Crippen LogP contribution in [0.25, 0.3) is 11.0 Å². The van der Waals surface area contributed by atoms with Crippen molar-refractivity contribution in [3.63, 3.8) is 0 Å². The van der Waals surface area contributed by atoms with Gasteiger partial charge in [0, 0.05) is 40.1 Å². The van der Waals surface area contributed by atoms with Crippen molar-refractivity contribution in [3.05, 3.63) is 52.0 Å². The first-order valence-electron chi connectivity index (χ1n) is 9.34. The molecule has 1 fully saturated rings. The highest BCUT2D eigenvalue weighted by Crippen LogP contribution is 2.37. The number of thioether (sulfide) groups is 1. The van der Waals surface area contributed by atoms with E-state index >= 15 is 0 Å². The van der Waals surface area contributed by atoms with Crippen LogP contribution in [-0.2, 0) is 5.60 Å². The average Bonchev–Trinajstić information content (AvgIpc) is 3.19. The number of aryl methyl sites for hydroxylation is 1. The smallest absolute Gasteiger partial charge is 0.182 e. The predicted octanol–water partition coefficient (Wildman–Crippen LogP) is 3.89. The molecule has 0 aromatic carbocycles. The van der Waals surface area contributed by atoms with E-state index in [2.05, 4.69) is 21.9 Å². The van der Waals surface area contributed by atoms with E-state index in [1.807, 2.05) is 37.3 Å². The van der Waals surface area contributed by atoms with Crippen molar-refractivity contribution >= 4 is 39.9 Å². The van der Waals surface area contributed by atoms with Gasteiger partial charge >= 0.3 is 0 Å². The zero-order valence-corrected chi connectivity index (χ0v) is 17.6.